The Kier molecular flexibility index (Phi) is 9.10. The molecule has 0 radical (unpaired) electrons. The number of ether oxygens (including phenoxy) is 2. The molecule has 33 heavy (non-hydrogen) atoms. The molecule has 2 heterocycles. The second-order valence-corrected chi connectivity index (χ2v) is 18.1. The fourth-order valence-electron chi connectivity index (χ4n) is 3.41. The maximum Gasteiger partial charge on any atom is 0.410 e. The number of likely N-dealkylation sites (tertiary alicyclic amines) is 1. The second kappa shape index (κ2) is 10.5. The molecule has 1 amide bonds. The van der Waals surface area contributed by atoms with Gasteiger partial charge < -0.3 is 18.8 Å². The monoisotopic (exact) mass is 576 g/mol. The van der Waals surface area contributed by atoms with E-state index in [0.29, 0.717) is 23.0 Å². The molecular formula is C23H37BrN2O4S2Si. The zero-order valence-electron chi connectivity index (χ0n) is 21.2. The van der Waals surface area contributed by atoms with Gasteiger partial charge >= 0.3 is 6.09 Å². The number of piperidine rings is 1. The van der Waals surface area contributed by atoms with Crippen LogP contribution >= 0.6 is 39.9 Å². The third kappa shape index (κ3) is 7.65. The minimum Gasteiger partial charge on any atom is -0.463 e. The van der Waals surface area contributed by atoms with Gasteiger partial charge in [0.25, 0.3) is 0 Å². The number of halogens is 1. The third-order valence-electron chi connectivity index (χ3n) is 5.99. The lowest BCUT2D eigenvalue weighted by atomic mass is 9.87. The molecule has 1 fully saturated rings. The number of carbonyl (C=O) groups excluding carboxylic acids is 1. The first-order valence-electron chi connectivity index (χ1n) is 11.0. The summed E-state index contributed by atoms with van der Waals surface area (Å²) < 4.78 is 20.2. The van der Waals surface area contributed by atoms with Crippen molar-refractivity contribution in [2.75, 3.05) is 19.3 Å². The van der Waals surface area contributed by atoms with Crippen molar-refractivity contribution < 1.29 is 18.7 Å². The number of aromatic nitrogens is 1. The summed E-state index contributed by atoms with van der Waals surface area (Å²) in [6, 6.07) is 3.83. The van der Waals surface area contributed by atoms with Crippen molar-refractivity contribution in [1.29, 1.82) is 0 Å². The van der Waals surface area contributed by atoms with Gasteiger partial charge in [-0.25, -0.2) is 4.79 Å². The van der Waals surface area contributed by atoms with Gasteiger partial charge in [0.15, 0.2) is 13.9 Å². The van der Waals surface area contributed by atoms with E-state index in [1.807, 2.05) is 39.2 Å². The summed E-state index contributed by atoms with van der Waals surface area (Å²) in [5.74, 6) is 0. The standard InChI is InChI=1S/C23H37BrN2O4S2Si/c1-21(2,3)28-19(27)26-14-17(30-33(8,9)22(4,5)6)12-23(15-26,29-20(31)32-7)18-11-10-16(24)13-25-18/h10-11,13,17H,12,14-15H2,1-9H3. The van der Waals surface area contributed by atoms with Gasteiger partial charge in [-0.3, -0.25) is 4.98 Å². The minimum absolute atomic E-state index is 0.0230. The highest BCUT2D eigenvalue weighted by Crippen LogP contribution is 2.42. The predicted octanol–water partition coefficient (Wildman–Crippen LogP) is 6.74. The first-order chi connectivity index (χ1) is 15.0. The number of amides is 1. The molecule has 0 aromatic carbocycles. The molecule has 0 aliphatic carbocycles. The number of thioether (sulfide) groups is 1. The Labute approximate surface area is 217 Å². The van der Waals surface area contributed by atoms with Gasteiger partial charge in [0.05, 0.1) is 18.3 Å². The van der Waals surface area contributed by atoms with Crippen LogP contribution in [0, 0.1) is 0 Å². The Morgan fingerprint density at radius 1 is 1.27 bits per heavy atom. The predicted molar refractivity (Wildman–Crippen MR) is 145 cm³/mol. The van der Waals surface area contributed by atoms with Crippen LogP contribution in [0.25, 0.3) is 0 Å². The van der Waals surface area contributed by atoms with Crippen LogP contribution in [-0.2, 0) is 19.5 Å². The van der Waals surface area contributed by atoms with Crippen LogP contribution < -0.4 is 0 Å². The summed E-state index contributed by atoms with van der Waals surface area (Å²) in [4.78, 5) is 19.5. The maximum absolute atomic E-state index is 13.2. The topological polar surface area (TPSA) is 60.9 Å². The van der Waals surface area contributed by atoms with E-state index in [1.54, 1.807) is 11.1 Å². The Morgan fingerprint density at radius 2 is 1.91 bits per heavy atom. The largest absolute Gasteiger partial charge is 0.463 e. The fourth-order valence-corrected chi connectivity index (χ4v) is 5.39. The van der Waals surface area contributed by atoms with E-state index in [1.165, 1.54) is 11.8 Å². The molecule has 0 saturated carbocycles. The summed E-state index contributed by atoms with van der Waals surface area (Å²) in [6.45, 7) is 17.3. The second-order valence-electron chi connectivity index (χ2n) is 11.0. The summed E-state index contributed by atoms with van der Waals surface area (Å²) in [6.07, 6.45) is 3.50. The van der Waals surface area contributed by atoms with E-state index in [9.17, 15) is 4.79 Å². The van der Waals surface area contributed by atoms with Gasteiger partial charge in [-0.15, -0.1) is 0 Å². The normalized spacial score (nSPS) is 22.1. The maximum atomic E-state index is 13.2. The van der Waals surface area contributed by atoms with Gasteiger partial charge in [-0.1, -0.05) is 32.5 Å². The number of hydrogen-bond acceptors (Lipinski definition) is 7. The minimum atomic E-state index is -2.12. The van der Waals surface area contributed by atoms with Gasteiger partial charge in [-0.2, -0.15) is 0 Å². The molecule has 0 spiro atoms. The van der Waals surface area contributed by atoms with Crippen molar-refractivity contribution in [3.63, 3.8) is 0 Å². The van der Waals surface area contributed by atoms with E-state index < -0.39 is 25.6 Å². The number of rotatable bonds is 4. The van der Waals surface area contributed by atoms with E-state index in [0.717, 1.165) is 4.47 Å². The summed E-state index contributed by atoms with van der Waals surface area (Å²) >= 11 is 10.3. The van der Waals surface area contributed by atoms with Crippen LogP contribution in [0.15, 0.2) is 22.8 Å². The molecule has 1 aromatic heterocycles. The van der Waals surface area contributed by atoms with Crippen LogP contribution in [-0.4, -0.2) is 59.7 Å². The lowest BCUT2D eigenvalue weighted by molar-refractivity contribution is -0.0742. The average Bonchev–Trinajstić information content (AvgIpc) is 2.65. The quantitative estimate of drug-likeness (QED) is 0.290. The highest BCUT2D eigenvalue weighted by atomic mass is 79.9. The number of thiocarbonyl (C=S) groups is 1. The van der Waals surface area contributed by atoms with Crippen molar-refractivity contribution in [2.45, 2.75) is 83.4 Å². The molecule has 1 aliphatic rings. The summed E-state index contributed by atoms with van der Waals surface area (Å²) in [7, 11) is -2.12. The lowest BCUT2D eigenvalue weighted by Gasteiger charge is -2.48. The molecule has 2 unspecified atom stereocenters. The molecule has 0 bridgehead atoms. The van der Waals surface area contributed by atoms with Gasteiger partial charge in [0.1, 0.15) is 5.60 Å². The van der Waals surface area contributed by atoms with Crippen LogP contribution in [0.4, 0.5) is 4.79 Å². The average molecular weight is 578 g/mol. The van der Waals surface area contributed by atoms with E-state index in [-0.39, 0.29) is 17.7 Å². The number of pyridine rings is 1. The third-order valence-corrected chi connectivity index (χ3v) is 12.0. The Hall–Kier alpha value is -0.683. The zero-order valence-corrected chi connectivity index (χ0v) is 25.4. The fraction of sp³-hybridized carbons (Fsp3) is 0.696. The Morgan fingerprint density at radius 3 is 2.39 bits per heavy atom. The molecule has 1 aromatic rings. The first kappa shape index (κ1) is 28.6. The summed E-state index contributed by atoms with van der Waals surface area (Å²) in [5, 5.41) is 0.0230. The number of carbonyl (C=O) groups is 1. The van der Waals surface area contributed by atoms with Gasteiger partial charge in [0, 0.05) is 23.6 Å². The van der Waals surface area contributed by atoms with Gasteiger partial charge in [0.2, 0.25) is 4.38 Å². The summed E-state index contributed by atoms with van der Waals surface area (Å²) in [5.41, 5.74) is -0.847. The highest BCUT2D eigenvalue weighted by Gasteiger charge is 2.50. The molecule has 6 nitrogen and oxygen atoms in total. The Bertz CT molecular complexity index is 856. The van der Waals surface area contributed by atoms with Crippen molar-refractivity contribution in [3.05, 3.63) is 28.5 Å². The first-order valence-corrected chi connectivity index (χ1v) is 16.4. The van der Waals surface area contributed by atoms with Crippen molar-refractivity contribution in [3.8, 4) is 0 Å². The lowest BCUT2D eigenvalue weighted by Crippen LogP contribution is -2.59. The smallest absolute Gasteiger partial charge is 0.410 e. The van der Waals surface area contributed by atoms with Crippen LogP contribution in [0.1, 0.15) is 53.7 Å². The van der Waals surface area contributed by atoms with E-state index in [4.69, 9.17) is 26.1 Å². The van der Waals surface area contributed by atoms with Crippen molar-refractivity contribution >= 4 is 58.7 Å². The number of nitrogens with zero attached hydrogens (tertiary/aromatic N) is 2. The molecule has 2 atom stereocenters. The molecule has 2 rings (SSSR count). The van der Waals surface area contributed by atoms with Gasteiger partial charge in [-0.05, 0) is 85.4 Å². The molecule has 10 heteroatoms. The van der Waals surface area contributed by atoms with Crippen LogP contribution in [0.3, 0.4) is 0 Å². The SMILES string of the molecule is CSC(=S)OC1(c2ccc(Br)cn2)CC(O[Si](C)(C)C(C)(C)C)CN(C(=O)OC(C)(C)C)C1. The molecular weight excluding hydrogens is 540 g/mol. The molecule has 186 valence electrons. The zero-order chi connectivity index (χ0) is 25.2. The number of hydrogen-bond donors (Lipinski definition) is 0. The van der Waals surface area contributed by atoms with Crippen molar-refractivity contribution in [2.24, 2.45) is 0 Å². The van der Waals surface area contributed by atoms with Crippen molar-refractivity contribution in [1.82, 2.24) is 9.88 Å². The highest BCUT2D eigenvalue weighted by molar-refractivity contribution is 9.10. The molecule has 1 aliphatic heterocycles. The molecule has 1 saturated heterocycles. The molecule has 0 N–H and O–H groups in total. The Balaban J connectivity index is 2.53. The van der Waals surface area contributed by atoms with Crippen LogP contribution in [0.2, 0.25) is 18.1 Å². The van der Waals surface area contributed by atoms with E-state index >= 15 is 0 Å². The van der Waals surface area contributed by atoms with Crippen LogP contribution in [0.5, 0.6) is 0 Å². The van der Waals surface area contributed by atoms with E-state index in [2.05, 4.69) is 54.8 Å².